The molecule has 1 N–H and O–H groups in total. The summed E-state index contributed by atoms with van der Waals surface area (Å²) in [6.45, 7) is 2.02. The van der Waals surface area contributed by atoms with E-state index in [2.05, 4.69) is 4.98 Å². The van der Waals surface area contributed by atoms with Crippen LogP contribution in [0.15, 0.2) is 28.7 Å². The number of ether oxygens (including phenoxy) is 1. The summed E-state index contributed by atoms with van der Waals surface area (Å²) in [7, 11) is 0. The van der Waals surface area contributed by atoms with E-state index in [0.29, 0.717) is 35.7 Å². The van der Waals surface area contributed by atoms with Gasteiger partial charge in [-0.2, -0.15) is 0 Å². The van der Waals surface area contributed by atoms with Crippen LogP contribution in [-0.4, -0.2) is 15.9 Å². The summed E-state index contributed by atoms with van der Waals surface area (Å²) in [6.07, 6.45) is 4.43. The van der Waals surface area contributed by atoms with Gasteiger partial charge in [0, 0.05) is 18.4 Å². The molecule has 1 saturated carbocycles. The van der Waals surface area contributed by atoms with Crippen molar-refractivity contribution in [1.29, 1.82) is 0 Å². The molecule has 1 aliphatic carbocycles. The highest BCUT2D eigenvalue weighted by Gasteiger charge is 2.30. The molecule has 0 aliphatic heterocycles. The molecule has 1 aliphatic rings. The molecule has 3 rings (SSSR count). The standard InChI is InChI=1S/C17H20FNO3/c1-12-15(11-21-17(20)9-3-2-4-10-17)19-16(22-12)13-5-7-14(18)8-6-13/h5-8,20H,2-4,9-11H2,1H3. The molecule has 0 unspecified atom stereocenters. The third kappa shape index (κ3) is 3.36. The Morgan fingerprint density at radius 2 is 1.91 bits per heavy atom. The van der Waals surface area contributed by atoms with Crippen LogP contribution in [0.4, 0.5) is 4.39 Å². The van der Waals surface area contributed by atoms with Gasteiger partial charge in [0.2, 0.25) is 5.89 Å². The Kier molecular flexibility index (Phi) is 4.27. The SMILES string of the molecule is Cc1oc(-c2ccc(F)cc2)nc1COC1(O)CCCCC1. The number of aliphatic hydroxyl groups is 1. The molecule has 0 bridgehead atoms. The van der Waals surface area contributed by atoms with Gasteiger partial charge in [-0.1, -0.05) is 6.42 Å². The van der Waals surface area contributed by atoms with Crippen LogP contribution in [0.3, 0.4) is 0 Å². The average molecular weight is 305 g/mol. The molecular weight excluding hydrogens is 285 g/mol. The molecule has 0 atom stereocenters. The van der Waals surface area contributed by atoms with Crippen LogP contribution in [0.25, 0.3) is 11.5 Å². The van der Waals surface area contributed by atoms with Crippen molar-refractivity contribution in [3.63, 3.8) is 0 Å². The lowest BCUT2D eigenvalue weighted by molar-refractivity contribution is -0.227. The van der Waals surface area contributed by atoms with Crippen molar-refractivity contribution in [2.24, 2.45) is 0 Å². The Balaban J connectivity index is 1.71. The minimum atomic E-state index is -1.04. The highest BCUT2D eigenvalue weighted by molar-refractivity contribution is 5.53. The number of benzene rings is 1. The first-order chi connectivity index (χ1) is 10.6. The molecule has 4 nitrogen and oxygen atoms in total. The molecule has 1 aromatic carbocycles. The number of hydrogen-bond acceptors (Lipinski definition) is 4. The molecule has 2 aromatic rings. The van der Waals surface area contributed by atoms with Crippen LogP contribution >= 0.6 is 0 Å². The lowest BCUT2D eigenvalue weighted by atomic mass is 9.94. The van der Waals surface area contributed by atoms with E-state index in [-0.39, 0.29) is 12.4 Å². The second-order valence-electron chi connectivity index (χ2n) is 5.82. The first-order valence-electron chi connectivity index (χ1n) is 7.64. The van der Waals surface area contributed by atoms with Gasteiger partial charge in [-0.25, -0.2) is 9.37 Å². The van der Waals surface area contributed by atoms with E-state index in [1.54, 1.807) is 12.1 Å². The van der Waals surface area contributed by atoms with Crippen LogP contribution in [0, 0.1) is 12.7 Å². The zero-order valence-corrected chi connectivity index (χ0v) is 12.6. The zero-order chi connectivity index (χ0) is 15.6. The molecule has 0 radical (unpaired) electrons. The summed E-state index contributed by atoms with van der Waals surface area (Å²) in [5, 5.41) is 10.4. The van der Waals surface area contributed by atoms with Crippen LogP contribution in [0.5, 0.6) is 0 Å². The van der Waals surface area contributed by atoms with Crippen molar-refractivity contribution < 1.29 is 18.7 Å². The largest absolute Gasteiger partial charge is 0.441 e. The summed E-state index contributed by atoms with van der Waals surface area (Å²) in [5.41, 5.74) is 1.38. The predicted octanol–water partition coefficient (Wildman–Crippen LogP) is 3.96. The molecule has 22 heavy (non-hydrogen) atoms. The Morgan fingerprint density at radius 3 is 2.59 bits per heavy atom. The van der Waals surface area contributed by atoms with Gasteiger partial charge < -0.3 is 14.3 Å². The first kappa shape index (κ1) is 15.2. The van der Waals surface area contributed by atoms with Crippen LogP contribution in [0.1, 0.15) is 43.6 Å². The fourth-order valence-electron chi connectivity index (χ4n) is 2.73. The van der Waals surface area contributed by atoms with Gasteiger partial charge in [0.25, 0.3) is 0 Å². The van der Waals surface area contributed by atoms with E-state index in [4.69, 9.17) is 9.15 Å². The molecule has 1 heterocycles. The van der Waals surface area contributed by atoms with E-state index in [0.717, 1.165) is 19.3 Å². The predicted molar refractivity (Wildman–Crippen MR) is 79.5 cm³/mol. The molecule has 0 amide bonds. The van der Waals surface area contributed by atoms with Gasteiger partial charge in [0.15, 0.2) is 5.79 Å². The monoisotopic (exact) mass is 305 g/mol. The van der Waals surface area contributed by atoms with Gasteiger partial charge in [-0.05, 0) is 44.0 Å². The van der Waals surface area contributed by atoms with E-state index >= 15 is 0 Å². The number of nitrogens with zero attached hydrogens (tertiary/aromatic N) is 1. The third-order valence-corrected chi connectivity index (χ3v) is 4.10. The minimum Gasteiger partial charge on any atom is -0.441 e. The van der Waals surface area contributed by atoms with Gasteiger partial charge in [0.05, 0.1) is 6.61 Å². The number of rotatable bonds is 4. The minimum absolute atomic E-state index is 0.215. The normalized spacial score (nSPS) is 17.6. The smallest absolute Gasteiger partial charge is 0.226 e. The van der Waals surface area contributed by atoms with Crippen molar-refractivity contribution in [3.8, 4) is 11.5 Å². The van der Waals surface area contributed by atoms with Gasteiger partial charge in [0.1, 0.15) is 17.3 Å². The summed E-state index contributed by atoms with van der Waals surface area (Å²) < 4.78 is 24.3. The van der Waals surface area contributed by atoms with E-state index in [1.807, 2.05) is 6.92 Å². The van der Waals surface area contributed by atoms with E-state index < -0.39 is 5.79 Å². The maximum absolute atomic E-state index is 13.0. The molecule has 0 saturated heterocycles. The Labute approximate surface area is 128 Å². The lowest BCUT2D eigenvalue weighted by Gasteiger charge is -2.31. The third-order valence-electron chi connectivity index (χ3n) is 4.10. The van der Waals surface area contributed by atoms with Crippen LogP contribution in [-0.2, 0) is 11.3 Å². The van der Waals surface area contributed by atoms with Crippen LogP contribution in [0.2, 0.25) is 0 Å². The maximum atomic E-state index is 13.0. The lowest BCUT2D eigenvalue weighted by Crippen LogP contribution is -2.34. The highest BCUT2D eigenvalue weighted by atomic mass is 19.1. The number of oxazole rings is 1. The molecule has 1 aromatic heterocycles. The zero-order valence-electron chi connectivity index (χ0n) is 12.6. The number of aromatic nitrogens is 1. The first-order valence-corrected chi connectivity index (χ1v) is 7.64. The molecule has 0 spiro atoms. The second-order valence-corrected chi connectivity index (χ2v) is 5.82. The molecular formula is C17H20FNO3. The Hall–Kier alpha value is -1.72. The highest BCUT2D eigenvalue weighted by Crippen LogP contribution is 2.30. The maximum Gasteiger partial charge on any atom is 0.226 e. The van der Waals surface area contributed by atoms with E-state index in [9.17, 15) is 9.50 Å². The Morgan fingerprint density at radius 1 is 1.23 bits per heavy atom. The van der Waals surface area contributed by atoms with Crippen molar-refractivity contribution in [3.05, 3.63) is 41.5 Å². The fourth-order valence-corrected chi connectivity index (χ4v) is 2.73. The van der Waals surface area contributed by atoms with Gasteiger partial charge >= 0.3 is 0 Å². The van der Waals surface area contributed by atoms with Crippen LogP contribution < -0.4 is 0 Å². The fraction of sp³-hybridized carbons (Fsp3) is 0.471. The number of aryl methyl sites for hydroxylation is 1. The number of halogens is 1. The summed E-state index contributed by atoms with van der Waals surface area (Å²) in [4.78, 5) is 4.40. The molecule has 1 fully saturated rings. The van der Waals surface area contributed by atoms with Crippen molar-refractivity contribution >= 4 is 0 Å². The number of hydrogen-bond donors (Lipinski definition) is 1. The summed E-state index contributed by atoms with van der Waals surface area (Å²) >= 11 is 0. The Bertz CT molecular complexity index is 630. The van der Waals surface area contributed by atoms with Gasteiger partial charge in [-0.3, -0.25) is 0 Å². The molecule has 118 valence electrons. The van der Waals surface area contributed by atoms with Crippen molar-refractivity contribution in [2.75, 3.05) is 0 Å². The summed E-state index contributed by atoms with van der Waals surface area (Å²) in [6, 6.07) is 5.99. The van der Waals surface area contributed by atoms with E-state index in [1.165, 1.54) is 12.1 Å². The quantitative estimate of drug-likeness (QED) is 0.869. The van der Waals surface area contributed by atoms with Crippen molar-refractivity contribution in [1.82, 2.24) is 4.98 Å². The second kappa shape index (κ2) is 6.18. The molecule has 5 heteroatoms. The van der Waals surface area contributed by atoms with Gasteiger partial charge in [-0.15, -0.1) is 0 Å². The summed E-state index contributed by atoms with van der Waals surface area (Å²) in [5.74, 6) is -0.250. The topological polar surface area (TPSA) is 55.5 Å². The van der Waals surface area contributed by atoms with Crippen molar-refractivity contribution in [2.45, 2.75) is 51.4 Å². The average Bonchev–Trinajstić information content (AvgIpc) is 2.88.